The highest BCUT2D eigenvalue weighted by molar-refractivity contribution is 7.92. The van der Waals surface area contributed by atoms with Gasteiger partial charge in [-0.3, -0.25) is 9.71 Å². The van der Waals surface area contributed by atoms with Crippen LogP contribution >= 0.6 is 23.2 Å². The Hall–Kier alpha value is -1.96. The van der Waals surface area contributed by atoms with Gasteiger partial charge in [-0.25, -0.2) is 8.42 Å². The van der Waals surface area contributed by atoms with Gasteiger partial charge in [-0.1, -0.05) is 47.5 Å². The molecule has 28 heavy (non-hydrogen) atoms. The highest BCUT2D eigenvalue weighted by Crippen LogP contribution is 2.22. The van der Waals surface area contributed by atoms with Crippen LogP contribution in [0.15, 0.2) is 47.5 Å². The third-order valence-corrected chi connectivity index (χ3v) is 5.09. The maximum absolute atomic E-state index is 11.5. The quantitative estimate of drug-likeness (QED) is 0.330. The van der Waals surface area contributed by atoms with Crippen molar-refractivity contribution in [3.05, 3.63) is 63.6 Å². The number of halogens is 2. The summed E-state index contributed by atoms with van der Waals surface area (Å²) in [5, 5.41) is 7.73. The third kappa shape index (κ3) is 7.58. The van der Waals surface area contributed by atoms with E-state index in [1.807, 2.05) is 24.3 Å². The molecule has 0 atom stereocenters. The Bertz CT molecular complexity index is 933. The summed E-state index contributed by atoms with van der Waals surface area (Å²) in [6, 6.07) is 12.7. The zero-order chi connectivity index (χ0) is 20.6. The number of nitrogens with zero attached hydrogens (tertiary/aromatic N) is 1. The minimum absolute atomic E-state index is 0.432. The predicted molar refractivity (Wildman–Crippen MR) is 118 cm³/mol. The highest BCUT2D eigenvalue weighted by Gasteiger charge is 2.08. The molecule has 0 spiro atoms. The summed E-state index contributed by atoms with van der Waals surface area (Å²) in [6.07, 6.45) is 2.82. The number of guanidine groups is 1. The van der Waals surface area contributed by atoms with Crippen molar-refractivity contribution in [1.82, 2.24) is 10.6 Å². The van der Waals surface area contributed by atoms with Crippen LogP contribution in [-0.2, 0) is 23.0 Å². The van der Waals surface area contributed by atoms with Crippen molar-refractivity contribution in [2.24, 2.45) is 4.99 Å². The SMILES string of the molecule is CN=C(NCCCc1ccc(Cl)cc1Cl)NCc1ccccc1NS(C)(=O)=O. The molecule has 6 nitrogen and oxygen atoms in total. The van der Waals surface area contributed by atoms with E-state index in [0.717, 1.165) is 30.2 Å². The van der Waals surface area contributed by atoms with Crippen LogP contribution in [0.3, 0.4) is 0 Å². The van der Waals surface area contributed by atoms with Crippen LogP contribution in [0.25, 0.3) is 0 Å². The summed E-state index contributed by atoms with van der Waals surface area (Å²) in [7, 11) is -1.65. The van der Waals surface area contributed by atoms with Crippen molar-refractivity contribution in [3.63, 3.8) is 0 Å². The van der Waals surface area contributed by atoms with E-state index in [1.54, 1.807) is 25.2 Å². The van der Waals surface area contributed by atoms with Crippen molar-refractivity contribution in [2.45, 2.75) is 19.4 Å². The molecular weight excluding hydrogens is 419 g/mol. The second kappa shape index (κ2) is 10.5. The lowest BCUT2D eigenvalue weighted by Gasteiger charge is -2.15. The Morgan fingerprint density at radius 3 is 2.50 bits per heavy atom. The van der Waals surface area contributed by atoms with Crippen LogP contribution < -0.4 is 15.4 Å². The fraction of sp³-hybridized carbons (Fsp3) is 0.316. The average molecular weight is 443 g/mol. The minimum atomic E-state index is -3.34. The molecular formula is C19H24Cl2N4O2S. The minimum Gasteiger partial charge on any atom is -0.356 e. The smallest absolute Gasteiger partial charge is 0.229 e. The van der Waals surface area contributed by atoms with Gasteiger partial charge in [0, 0.05) is 30.2 Å². The molecule has 9 heteroatoms. The summed E-state index contributed by atoms with van der Waals surface area (Å²) < 4.78 is 25.5. The molecule has 2 rings (SSSR count). The number of rotatable bonds is 8. The molecule has 2 aromatic rings. The largest absolute Gasteiger partial charge is 0.356 e. The summed E-state index contributed by atoms with van der Waals surface area (Å²) in [5.41, 5.74) is 2.42. The van der Waals surface area contributed by atoms with Crippen molar-refractivity contribution in [2.75, 3.05) is 24.6 Å². The molecule has 0 saturated carbocycles. The molecule has 0 unspecified atom stereocenters. The highest BCUT2D eigenvalue weighted by atomic mass is 35.5. The molecule has 152 valence electrons. The van der Waals surface area contributed by atoms with Crippen molar-refractivity contribution in [3.8, 4) is 0 Å². The molecule has 0 bridgehead atoms. The van der Waals surface area contributed by atoms with Crippen LogP contribution in [0, 0.1) is 0 Å². The first-order valence-electron chi connectivity index (χ1n) is 8.72. The monoisotopic (exact) mass is 442 g/mol. The van der Waals surface area contributed by atoms with Crippen LogP contribution in [0.2, 0.25) is 10.0 Å². The molecule has 0 aliphatic carbocycles. The van der Waals surface area contributed by atoms with E-state index in [-0.39, 0.29) is 0 Å². The number of aryl methyl sites for hydroxylation is 1. The average Bonchev–Trinajstić information content (AvgIpc) is 2.62. The van der Waals surface area contributed by atoms with Crippen molar-refractivity contribution in [1.29, 1.82) is 0 Å². The second-order valence-corrected chi connectivity index (χ2v) is 8.82. The number of aliphatic imine (C=N–C) groups is 1. The molecule has 0 aliphatic heterocycles. The molecule has 0 radical (unpaired) electrons. The zero-order valence-corrected chi connectivity index (χ0v) is 18.1. The predicted octanol–water partition coefficient (Wildman–Crippen LogP) is 3.66. The van der Waals surface area contributed by atoms with Crippen LogP contribution in [0.4, 0.5) is 5.69 Å². The van der Waals surface area contributed by atoms with E-state index < -0.39 is 10.0 Å². The Kier molecular flexibility index (Phi) is 8.41. The third-order valence-electron chi connectivity index (χ3n) is 3.91. The molecule has 0 aliphatic rings. The molecule has 2 aromatic carbocycles. The van der Waals surface area contributed by atoms with Gasteiger partial charge in [0.05, 0.1) is 11.9 Å². The molecule has 0 aromatic heterocycles. The summed E-state index contributed by atoms with van der Waals surface area (Å²) in [5.74, 6) is 0.636. The lowest BCUT2D eigenvalue weighted by atomic mass is 10.1. The lowest BCUT2D eigenvalue weighted by molar-refractivity contribution is 0.606. The molecule has 0 heterocycles. The van der Waals surface area contributed by atoms with Gasteiger partial charge in [0.2, 0.25) is 10.0 Å². The van der Waals surface area contributed by atoms with Gasteiger partial charge >= 0.3 is 0 Å². The van der Waals surface area contributed by atoms with Gasteiger partial charge in [-0.05, 0) is 42.2 Å². The van der Waals surface area contributed by atoms with Gasteiger partial charge in [-0.15, -0.1) is 0 Å². The standard InChI is InChI=1S/C19H24Cl2N4O2S/c1-22-19(23-11-5-7-14-9-10-16(20)12-17(14)21)24-13-15-6-3-4-8-18(15)25-28(2,26)27/h3-4,6,8-10,12,25H,5,7,11,13H2,1-2H3,(H2,22,23,24). The summed E-state index contributed by atoms with van der Waals surface area (Å²) >= 11 is 12.1. The number of para-hydroxylation sites is 1. The van der Waals surface area contributed by atoms with E-state index in [9.17, 15) is 8.42 Å². The summed E-state index contributed by atoms with van der Waals surface area (Å²) in [4.78, 5) is 4.19. The first kappa shape index (κ1) is 22.3. The van der Waals surface area contributed by atoms with Gasteiger partial charge in [0.15, 0.2) is 5.96 Å². The van der Waals surface area contributed by atoms with Crippen molar-refractivity contribution < 1.29 is 8.42 Å². The van der Waals surface area contributed by atoms with Crippen LogP contribution in [0.1, 0.15) is 17.5 Å². The van der Waals surface area contributed by atoms with E-state index in [0.29, 0.717) is 34.8 Å². The number of hydrogen-bond donors (Lipinski definition) is 3. The van der Waals surface area contributed by atoms with E-state index >= 15 is 0 Å². The Morgan fingerprint density at radius 1 is 1.07 bits per heavy atom. The molecule has 0 amide bonds. The van der Waals surface area contributed by atoms with E-state index in [1.165, 1.54) is 0 Å². The fourth-order valence-corrected chi connectivity index (χ4v) is 3.68. The fourth-order valence-electron chi connectivity index (χ4n) is 2.58. The molecule has 0 saturated heterocycles. The van der Waals surface area contributed by atoms with Crippen LogP contribution in [-0.4, -0.2) is 34.2 Å². The van der Waals surface area contributed by atoms with Gasteiger partial charge < -0.3 is 10.6 Å². The Labute approximate surface area is 176 Å². The molecule has 3 N–H and O–H groups in total. The normalized spacial score (nSPS) is 11.9. The van der Waals surface area contributed by atoms with E-state index in [2.05, 4.69) is 20.3 Å². The second-order valence-electron chi connectivity index (χ2n) is 6.22. The van der Waals surface area contributed by atoms with Gasteiger partial charge in [-0.2, -0.15) is 0 Å². The number of nitrogens with one attached hydrogen (secondary N) is 3. The first-order chi connectivity index (χ1) is 13.3. The first-order valence-corrected chi connectivity index (χ1v) is 11.4. The number of benzene rings is 2. The van der Waals surface area contributed by atoms with Crippen LogP contribution in [0.5, 0.6) is 0 Å². The number of anilines is 1. The number of sulfonamides is 1. The van der Waals surface area contributed by atoms with E-state index in [4.69, 9.17) is 23.2 Å². The maximum Gasteiger partial charge on any atom is 0.229 e. The Balaban J connectivity index is 1.84. The zero-order valence-electron chi connectivity index (χ0n) is 15.8. The maximum atomic E-state index is 11.5. The van der Waals surface area contributed by atoms with Crippen molar-refractivity contribution >= 4 is 44.9 Å². The summed E-state index contributed by atoms with van der Waals surface area (Å²) in [6.45, 7) is 1.14. The topological polar surface area (TPSA) is 82.6 Å². The van der Waals surface area contributed by atoms with Gasteiger partial charge in [0.1, 0.15) is 0 Å². The molecule has 0 fully saturated rings. The van der Waals surface area contributed by atoms with Gasteiger partial charge in [0.25, 0.3) is 0 Å². The number of hydrogen-bond acceptors (Lipinski definition) is 3. The lowest BCUT2D eigenvalue weighted by Crippen LogP contribution is -2.37. The Morgan fingerprint density at radius 2 is 1.82 bits per heavy atom.